The van der Waals surface area contributed by atoms with Gasteiger partial charge in [-0.15, -0.1) is 0 Å². The Morgan fingerprint density at radius 3 is 2.46 bits per heavy atom. The Labute approximate surface area is 225 Å². The molecule has 39 heavy (non-hydrogen) atoms. The molecule has 0 radical (unpaired) electrons. The molecule has 0 aliphatic rings. The largest absolute Gasteiger partial charge is 0.478 e. The number of aryl methyl sites for hydroxylation is 1. The number of carbonyl (C=O) groups excluding carboxylic acids is 1. The van der Waals surface area contributed by atoms with E-state index in [0.29, 0.717) is 59.7 Å². The Hall–Kier alpha value is -4.73. The van der Waals surface area contributed by atoms with Crippen LogP contribution in [0.25, 0.3) is 16.6 Å². The van der Waals surface area contributed by atoms with Crippen LogP contribution in [-0.4, -0.2) is 43.8 Å². The summed E-state index contributed by atoms with van der Waals surface area (Å²) in [6, 6.07) is 17.8. The maximum Gasteiger partial charge on any atom is 0.407 e. The molecule has 0 fully saturated rings. The monoisotopic (exact) mass is 529 g/mol. The Balaban J connectivity index is 1.61. The molecule has 4 aromatic rings. The smallest absolute Gasteiger partial charge is 0.407 e. The highest BCUT2D eigenvalue weighted by molar-refractivity contribution is 5.91. The van der Waals surface area contributed by atoms with Crippen molar-refractivity contribution in [1.82, 2.24) is 19.9 Å². The number of nitrogens with one attached hydrogen (secondary N) is 2. The van der Waals surface area contributed by atoms with Crippen molar-refractivity contribution in [2.75, 3.05) is 11.9 Å². The van der Waals surface area contributed by atoms with E-state index in [1.54, 1.807) is 43.5 Å². The Kier molecular flexibility index (Phi) is 8.24. The van der Waals surface area contributed by atoms with E-state index in [4.69, 9.17) is 14.8 Å². The number of aromatic carboxylic acids is 1. The number of carboxylic acids is 1. The van der Waals surface area contributed by atoms with E-state index < -0.39 is 17.7 Å². The molecule has 0 spiro atoms. The summed E-state index contributed by atoms with van der Waals surface area (Å²) >= 11 is 0. The minimum Gasteiger partial charge on any atom is -0.478 e. The Bertz CT molecular complexity index is 1530. The van der Waals surface area contributed by atoms with Crippen molar-refractivity contribution in [3.8, 4) is 5.69 Å². The molecule has 0 unspecified atom stereocenters. The van der Waals surface area contributed by atoms with Gasteiger partial charge in [0.1, 0.15) is 11.4 Å². The number of hydrogen-bond donors (Lipinski definition) is 3. The number of alkyl carbamates (subject to hydrolysis) is 1. The van der Waals surface area contributed by atoms with Gasteiger partial charge in [0.15, 0.2) is 0 Å². The molecule has 202 valence electrons. The zero-order chi connectivity index (χ0) is 28.0. The SMILES string of the molecule is CC(C)(C)OC(=O)NCCCc1nc2cccc(NCc3ccc(C(=O)O)cn3)c2c(=O)n1-c1ccccc1. The molecule has 10 heteroatoms. The molecule has 2 heterocycles. The second-order valence-corrected chi connectivity index (χ2v) is 9.93. The molecule has 0 saturated heterocycles. The van der Waals surface area contributed by atoms with Gasteiger partial charge in [0.25, 0.3) is 5.56 Å². The molecule has 1 amide bonds. The third-order valence-electron chi connectivity index (χ3n) is 5.76. The lowest BCUT2D eigenvalue weighted by Gasteiger charge is -2.19. The molecule has 0 aliphatic carbocycles. The van der Waals surface area contributed by atoms with Crippen molar-refractivity contribution >= 4 is 28.7 Å². The molecule has 0 atom stereocenters. The number of rotatable bonds is 9. The Morgan fingerprint density at radius 2 is 1.79 bits per heavy atom. The van der Waals surface area contributed by atoms with E-state index in [1.807, 2.05) is 36.4 Å². The van der Waals surface area contributed by atoms with E-state index >= 15 is 0 Å². The highest BCUT2D eigenvalue weighted by Gasteiger charge is 2.17. The summed E-state index contributed by atoms with van der Waals surface area (Å²) in [6.45, 7) is 6.07. The van der Waals surface area contributed by atoms with Gasteiger partial charge in [-0.3, -0.25) is 14.3 Å². The first kappa shape index (κ1) is 27.3. The number of anilines is 1. The summed E-state index contributed by atoms with van der Waals surface area (Å²) in [5.74, 6) is -0.465. The van der Waals surface area contributed by atoms with Crippen LogP contribution in [0.4, 0.5) is 10.5 Å². The lowest BCUT2D eigenvalue weighted by molar-refractivity contribution is 0.0526. The molecule has 10 nitrogen and oxygen atoms in total. The molecule has 2 aromatic heterocycles. The van der Waals surface area contributed by atoms with Gasteiger partial charge in [-0.25, -0.2) is 14.6 Å². The lowest BCUT2D eigenvalue weighted by atomic mass is 10.1. The fourth-order valence-electron chi connectivity index (χ4n) is 4.03. The van der Waals surface area contributed by atoms with Crippen LogP contribution in [0.15, 0.2) is 71.7 Å². The van der Waals surface area contributed by atoms with E-state index in [1.165, 1.54) is 12.3 Å². The summed E-state index contributed by atoms with van der Waals surface area (Å²) in [6.07, 6.45) is 1.82. The molecular weight excluding hydrogens is 498 g/mol. The fraction of sp³-hybridized carbons (Fsp3) is 0.276. The maximum atomic E-state index is 13.9. The summed E-state index contributed by atoms with van der Waals surface area (Å²) in [5, 5.41) is 15.5. The van der Waals surface area contributed by atoms with Crippen molar-refractivity contribution in [3.05, 3.63) is 94.3 Å². The molecular formula is C29H31N5O5. The highest BCUT2D eigenvalue weighted by Crippen LogP contribution is 2.22. The van der Waals surface area contributed by atoms with Crippen LogP contribution < -0.4 is 16.2 Å². The average molecular weight is 530 g/mol. The van der Waals surface area contributed by atoms with Crippen molar-refractivity contribution in [3.63, 3.8) is 0 Å². The minimum atomic E-state index is -1.04. The topological polar surface area (TPSA) is 135 Å². The van der Waals surface area contributed by atoms with Crippen LogP contribution in [0.3, 0.4) is 0 Å². The van der Waals surface area contributed by atoms with Gasteiger partial charge >= 0.3 is 12.1 Å². The number of aromatic nitrogens is 3. The third-order valence-corrected chi connectivity index (χ3v) is 5.76. The summed E-state index contributed by atoms with van der Waals surface area (Å²) in [5.41, 5.74) is 1.75. The van der Waals surface area contributed by atoms with Crippen LogP contribution in [0, 0.1) is 0 Å². The van der Waals surface area contributed by atoms with Crippen LogP contribution in [0.5, 0.6) is 0 Å². The van der Waals surface area contributed by atoms with Gasteiger partial charge in [0.05, 0.1) is 34.4 Å². The number of para-hydroxylation sites is 1. The van der Waals surface area contributed by atoms with Crippen molar-refractivity contribution in [1.29, 1.82) is 0 Å². The standard InChI is InChI=1S/C29H31N5O5/c1-29(2,3)39-28(38)30-16-8-13-24-33-23-12-7-11-22(32-18-20-15-14-19(17-31-20)27(36)37)25(23)26(35)34(24)21-9-5-4-6-10-21/h4-7,9-12,14-15,17,32H,8,13,16,18H2,1-3H3,(H,30,38)(H,36,37). The highest BCUT2D eigenvalue weighted by atomic mass is 16.6. The maximum absolute atomic E-state index is 13.9. The Morgan fingerprint density at radius 1 is 1.03 bits per heavy atom. The fourth-order valence-corrected chi connectivity index (χ4v) is 4.03. The number of carbonyl (C=O) groups is 2. The van der Waals surface area contributed by atoms with Crippen molar-refractivity contribution in [2.24, 2.45) is 0 Å². The predicted octanol–water partition coefficient (Wildman–Crippen LogP) is 4.55. The number of benzene rings is 2. The molecule has 3 N–H and O–H groups in total. The van der Waals surface area contributed by atoms with Crippen molar-refractivity contribution in [2.45, 2.75) is 45.8 Å². The number of carboxylic acid groups (broad SMARTS) is 1. The molecule has 4 rings (SSSR count). The minimum absolute atomic E-state index is 0.104. The number of ether oxygens (including phenoxy) is 1. The van der Waals surface area contributed by atoms with Gasteiger partial charge < -0.3 is 20.5 Å². The quantitative estimate of drug-likeness (QED) is 0.269. The normalized spacial score (nSPS) is 11.3. The van der Waals surface area contributed by atoms with Crippen LogP contribution >= 0.6 is 0 Å². The molecule has 0 aliphatic heterocycles. The van der Waals surface area contributed by atoms with Crippen LogP contribution in [-0.2, 0) is 17.7 Å². The van der Waals surface area contributed by atoms with E-state index in [2.05, 4.69) is 15.6 Å². The first-order valence-electron chi connectivity index (χ1n) is 12.6. The van der Waals surface area contributed by atoms with Crippen LogP contribution in [0.1, 0.15) is 49.1 Å². The summed E-state index contributed by atoms with van der Waals surface area (Å²) in [4.78, 5) is 46.0. The number of pyridine rings is 1. The summed E-state index contributed by atoms with van der Waals surface area (Å²) < 4.78 is 6.88. The zero-order valence-corrected chi connectivity index (χ0v) is 22.1. The summed E-state index contributed by atoms with van der Waals surface area (Å²) in [7, 11) is 0. The number of fused-ring (bicyclic) bond motifs is 1. The average Bonchev–Trinajstić information content (AvgIpc) is 2.89. The third kappa shape index (κ3) is 6.98. The number of hydrogen-bond acceptors (Lipinski definition) is 7. The second-order valence-electron chi connectivity index (χ2n) is 9.93. The predicted molar refractivity (Wildman–Crippen MR) is 148 cm³/mol. The van der Waals surface area contributed by atoms with Crippen molar-refractivity contribution < 1.29 is 19.4 Å². The van der Waals surface area contributed by atoms with Gasteiger partial charge in [-0.05, 0) is 63.6 Å². The van der Waals surface area contributed by atoms with Gasteiger partial charge in [-0.1, -0.05) is 24.3 Å². The number of amides is 1. The van der Waals surface area contributed by atoms with Gasteiger partial charge in [0.2, 0.25) is 0 Å². The van der Waals surface area contributed by atoms with Gasteiger partial charge in [-0.2, -0.15) is 0 Å². The van der Waals surface area contributed by atoms with Crippen LogP contribution in [0.2, 0.25) is 0 Å². The number of nitrogens with zero attached hydrogens (tertiary/aromatic N) is 3. The first-order valence-corrected chi connectivity index (χ1v) is 12.6. The van der Waals surface area contributed by atoms with E-state index in [-0.39, 0.29) is 11.1 Å². The first-order chi connectivity index (χ1) is 18.6. The molecule has 0 bridgehead atoms. The molecule has 0 saturated carbocycles. The lowest BCUT2D eigenvalue weighted by Crippen LogP contribution is -2.33. The second kappa shape index (κ2) is 11.8. The van der Waals surface area contributed by atoms with Gasteiger partial charge in [0, 0.05) is 24.8 Å². The van der Waals surface area contributed by atoms with E-state index in [9.17, 15) is 14.4 Å². The molecule has 2 aromatic carbocycles. The zero-order valence-electron chi connectivity index (χ0n) is 22.1. The van der Waals surface area contributed by atoms with E-state index in [0.717, 1.165) is 0 Å².